The number of amides is 1. The Labute approximate surface area is 152 Å². The lowest BCUT2D eigenvalue weighted by Crippen LogP contribution is -2.25. The molecule has 0 aliphatic carbocycles. The lowest BCUT2D eigenvalue weighted by atomic mass is 10.1. The van der Waals surface area contributed by atoms with Crippen LogP contribution in [0.3, 0.4) is 0 Å². The van der Waals surface area contributed by atoms with E-state index < -0.39 is 0 Å². The maximum absolute atomic E-state index is 12.2. The van der Waals surface area contributed by atoms with Gasteiger partial charge in [0.25, 0.3) is 5.91 Å². The first-order valence-corrected chi connectivity index (χ1v) is 8.48. The molecule has 1 heterocycles. The Balaban J connectivity index is 1.49. The van der Waals surface area contributed by atoms with Crippen molar-refractivity contribution in [1.82, 2.24) is 10.3 Å². The molecule has 1 amide bonds. The molecular formula is C21H21N3O2. The van der Waals surface area contributed by atoms with Crippen LogP contribution in [0.5, 0.6) is 0 Å². The molecule has 0 bridgehead atoms. The summed E-state index contributed by atoms with van der Waals surface area (Å²) >= 11 is 0. The number of anilines is 2. The molecule has 3 aromatic rings. The average Bonchev–Trinajstić information content (AvgIpc) is 2.70. The zero-order valence-corrected chi connectivity index (χ0v) is 14.4. The Kier molecular flexibility index (Phi) is 5.96. The lowest BCUT2D eigenvalue weighted by molar-refractivity contribution is 0.0954. The molecule has 5 heteroatoms. The Bertz CT molecular complexity index is 831. The van der Waals surface area contributed by atoms with E-state index in [1.54, 1.807) is 24.5 Å². The van der Waals surface area contributed by atoms with Crippen LogP contribution in [0.25, 0.3) is 0 Å². The van der Waals surface area contributed by atoms with Gasteiger partial charge in [0, 0.05) is 35.9 Å². The Morgan fingerprint density at radius 3 is 2.12 bits per heavy atom. The number of aliphatic hydroxyl groups is 1. The monoisotopic (exact) mass is 347 g/mol. The fourth-order valence-corrected chi connectivity index (χ4v) is 2.54. The number of carbonyl (C=O) groups excluding carboxylic acids is 1. The number of aliphatic hydroxyl groups excluding tert-OH is 1. The van der Waals surface area contributed by atoms with Gasteiger partial charge < -0.3 is 15.7 Å². The largest absolute Gasteiger partial charge is 0.392 e. The van der Waals surface area contributed by atoms with Crippen LogP contribution in [0.15, 0.2) is 73.1 Å². The van der Waals surface area contributed by atoms with E-state index in [9.17, 15) is 4.79 Å². The quantitative estimate of drug-likeness (QED) is 0.613. The Morgan fingerprint density at radius 2 is 1.46 bits per heavy atom. The third-order valence-corrected chi connectivity index (χ3v) is 4.02. The summed E-state index contributed by atoms with van der Waals surface area (Å²) in [7, 11) is 0. The average molecular weight is 347 g/mol. The van der Waals surface area contributed by atoms with E-state index in [1.165, 1.54) is 0 Å². The highest BCUT2D eigenvalue weighted by Gasteiger charge is 2.05. The van der Waals surface area contributed by atoms with Crippen molar-refractivity contribution >= 4 is 17.3 Å². The second kappa shape index (κ2) is 8.78. The summed E-state index contributed by atoms with van der Waals surface area (Å²) in [5.41, 5.74) is 4.50. The van der Waals surface area contributed by atoms with Crippen LogP contribution in [-0.2, 0) is 13.0 Å². The topological polar surface area (TPSA) is 74.2 Å². The lowest BCUT2D eigenvalue weighted by Gasteiger charge is -2.08. The van der Waals surface area contributed by atoms with Crippen LogP contribution >= 0.6 is 0 Å². The maximum Gasteiger partial charge on any atom is 0.251 e. The molecule has 0 radical (unpaired) electrons. The van der Waals surface area contributed by atoms with Gasteiger partial charge in [0.05, 0.1) is 6.61 Å². The number of nitrogens with one attached hydrogen (secondary N) is 2. The summed E-state index contributed by atoms with van der Waals surface area (Å²) in [6.45, 7) is 0.608. The second-order valence-electron chi connectivity index (χ2n) is 5.92. The number of hydrogen-bond acceptors (Lipinski definition) is 4. The van der Waals surface area contributed by atoms with Gasteiger partial charge >= 0.3 is 0 Å². The van der Waals surface area contributed by atoms with Crippen LogP contribution in [0.4, 0.5) is 11.4 Å². The van der Waals surface area contributed by atoms with Crippen LogP contribution in [0, 0.1) is 0 Å². The summed E-state index contributed by atoms with van der Waals surface area (Å²) in [5.74, 6) is -0.0903. The molecular weight excluding hydrogens is 326 g/mol. The summed E-state index contributed by atoms with van der Waals surface area (Å²) in [6.07, 6.45) is 4.20. The van der Waals surface area contributed by atoms with Gasteiger partial charge in [-0.1, -0.05) is 24.3 Å². The Hall–Kier alpha value is -3.18. The molecule has 0 fully saturated rings. The van der Waals surface area contributed by atoms with Crippen molar-refractivity contribution in [3.8, 4) is 0 Å². The number of hydrogen-bond donors (Lipinski definition) is 3. The van der Waals surface area contributed by atoms with Crippen molar-refractivity contribution in [3.63, 3.8) is 0 Å². The molecule has 0 spiro atoms. The van der Waals surface area contributed by atoms with Crippen molar-refractivity contribution in [2.24, 2.45) is 0 Å². The number of rotatable bonds is 7. The smallest absolute Gasteiger partial charge is 0.251 e. The van der Waals surface area contributed by atoms with Gasteiger partial charge in [0.2, 0.25) is 0 Å². The molecule has 5 nitrogen and oxygen atoms in total. The van der Waals surface area contributed by atoms with E-state index in [1.807, 2.05) is 48.5 Å². The van der Waals surface area contributed by atoms with E-state index in [-0.39, 0.29) is 12.5 Å². The van der Waals surface area contributed by atoms with E-state index in [0.29, 0.717) is 12.1 Å². The van der Waals surface area contributed by atoms with Crippen LogP contribution < -0.4 is 10.6 Å². The third-order valence-electron chi connectivity index (χ3n) is 4.02. The molecule has 1 aromatic heterocycles. The van der Waals surface area contributed by atoms with Crippen molar-refractivity contribution in [2.45, 2.75) is 13.0 Å². The van der Waals surface area contributed by atoms with Gasteiger partial charge in [0.15, 0.2) is 0 Å². The third kappa shape index (κ3) is 4.91. The summed E-state index contributed by atoms with van der Waals surface area (Å²) in [4.78, 5) is 16.2. The fourth-order valence-electron chi connectivity index (χ4n) is 2.54. The molecule has 2 aromatic carbocycles. The van der Waals surface area contributed by atoms with Gasteiger partial charge in [-0.25, -0.2) is 0 Å². The first kappa shape index (κ1) is 17.6. The van der Waals surface area contributed by atoms with Gasteiger partial charge in [-0.2, -0.15) is 0 Å². The molecule has 0 unspecified atom stereocenters. The first-order valence-electron chi connectivity index (χ1n) is 8.48. The molecule has 0 aliphatic rings. The second-order valence-corrected chi connectivity index (χ2v) is 5.92. The van der Waals surface area contributed by atoms with Crippen LogP contribution in [0.1, 0.15) is 21.5 Å². The highest BCUT2D eigenvalue weighted by molar-refractivity contribution is 5.94. The van der Waals surface area contributed by atoms with Crippen LogP contribution in [-0.4, -0.2) is 22.5 Å². The zero-order chi connectivity index (χ0) is 18.2. The highest BCUT2D eigenvalue weighted by Crippen LogP contribution is 2.16. The summed E-state index contributed by atoms with van der Waals surface area (Å²) in [6, 6.07) is 18.9. The number of carbonyl (C=O) groups is 1. The number of benzene rings is 2. The van der Waals surface area contributed by atoms with E-state index in [4.69, 9.17) is 5.11 Å². The van der Waals surface area contributed by atoms with Crippen molar-refractivity contribution in [1.29, 1.82) is 0 Å². The van der Waals surface area contributed by atoms with Crippen molar-refractivity contribution in [3.05, 3.63) is 89.7 Å². The molecule has 0 aliphatic heterocycles. The van der Waals surface area contributed by atoms with Gasteiger partial charge in [-0.15, -0.1) is 0 Å². The predicted molar refractivity (Wildman–Crippen MR) is 102 cm³/mol. The number of pyridine rings is 1. The van der Waals surface area contributed by atoms with Crippen molar-refractivity contribution in [2.75, 3.05) is 11.9 Å². The molecule has 132 valence electrons. The molecule has 3 rings (SSSR count). The normalized spacial score (nSPS) is 10.3. The number of aromatic nitrogens is 1. The zero-order valence-electron chi connectivity index (χ0n) is 14.4. The molecule has 0 saturated heterocycles. The summed E-state index contributed by atoms with van der Waals surface area (Å²) in [5, 5.41) is 15.2. The van der Waals surface area contributed by atoms with Crippen molar-refractivity contribution < 1.29 is 9.90 Å². The fraction of sp³-hybridized carbons (Fsp3) is 0.143. The van der Waals surface area contributed by atoms with E-state index in [2.05, 4.69) is 15.6 Å². The van der Waals surface area contributed by atoms with Gasteiger partial charge in [-0.05, 0) is 53.9 Å². The Morgan fingerprint density at radius 1 is 0.846 bits per heavy atom. The number of nitrogens with zero attached hydrogens (tertiary/aromatic N) is 1. The highest BCUT2D eigenvalue weighted by atomic mass is 16.3. The molecule has 0 saturated carbocycles. The van der Waals surface area contributed by atoms with E-state index >= 15 is 0 Å². The van der Waals surface area contributed by atoms with E-state index in [0.717, 1.165) is 28.9 Å². The van der Waals surface area contributed by atoms with Gasteiger partial charge in [0.1, 0.15) is 0 Å². The minimum Gasteiger partial charge on any atom is -0.392 e. The summed E-state index contributed by atoms with van der Waals surface area (Å²) < 4.78 is 0. The van der Waals surface area contributed by atoms with Gasteiger partial charge in [-0.3, -0.25) is 9.78 Å². The molecule has 0 atom stereocenters. The van der Waals surface area contributed by atoms with Crippen LogP contribution in [0.2, 0.25) is 0 Å². The SMILES string of the molecule is O=C(NCCc1ccc(CO)cc1)c1ccc(Nc2ccncc2)cc1. The standard InChI is InChI=1S/C21H21N3O2/c25-15-17-3-1-16(2-4-17)9-14-23-21(26)18-5-7-19(8-6-18)24-20-10-12-22-13-11-20/h1-8,10-13,25H,9,14-15H2,(H,22,24)(H,23,26). The first-order chi connectivity index (χ1) is 12.7. The maximum atomic E-state index is 12.2. The molecule has 26 heavy (non-hydrogen) atoms. The molecule has 3 N–H and O–H groups in total. The predicted octanol–water partition coefficient (Wildman–Crippen LogP) is 3.29. The minimum atomic E-state index is -0.0903. The minimum absolute atomic E-state index is 0.0447.